The molecule has 22 heavy (non-hydrogen) atoms. The molecule has 1 atom stereocenters. The van der Waals surface area contributed by atoms with E-state index in [1.54, 1.807) is 24.5 Å². The summed E-state index contributed by atoms with van der Waals surface area (Å²) >= 11 is 0. The summed E-state index contributed by atoms with van der Waals surface area (Å²) in [6.45, 7) is 0.674. The zero-order valence-electron chi connectivity index (χ0n) is 12.5. The first-order valence-electron chi connectivity index (χ1n) is 7.62. The van der Waals surface area contributed by atoms with Gasteiger partial charge in [0.2, 0.25) is 0 Å². The van der Waals surface area contributed by atoms with E-state index >= 15 is 0 Å². The monoisotopic (exact) mass is 296 g/mol. The van der Waals surface area contributed by atoms with Gasteiger partial charge in [-0.3, -0.25) is 9.78 Å². The standard InChI is InChI=1S/C18H20N2O2/c21-14-18(13-15-5-2-1-3-6-15)9-4-12-20(18)17(22)16-7-10-19-11-8-16/h1-3,5-8,10-11,21H,4,9,12-14H2/t18-/m1/s1. The molecule has 114 valence electrons. The van der Waals surface area contributed by atoms with Crippen molar-refractivity contribution in [3.63, 3.8) is 0 Å². The molecule has 2 heterocycles. The third-order valence-corrected chi connectivity index (χ3v) is 4.44. The van der Waals surface area contributed by atoms with E-state index in [4.69, 9.17) is 0 Å². The minimum absolute atomic E-state index is 0.0152. The Morgan fingerprint density at radius 1 is 1.18 bits per heavy atom. The fraction of sp³-hybridized carbons (Fsp3) is 0.333. The van der Waals surface area contributed by atoms with Crippen LogP contribution in [-0.2, 0) is 6.42 Å². The van der Waals surface area contributed by atoms with Gasteiger partial charge in [-0.1, -0.05) is 30.3 Å². The summed E-state index contributed by atoms with van der Waals surface area (Å²) < 4.78 is 0. The number of carbonyl (C=O) groups is 1. The average molecular weight is 296 g/mol. The number of likely N-dealkylation sites (tertiary alicyclic amines) is 1. The van der Waals surface area contributed by atoms with Crippen molar-refractivity contribution in [1.29, 1.82) is 0 Å². The lowest BCUT2D eigenvalue weighted by Crippen LogP contribution is -2.51. The minimum Gasteiger partial charge on any atom is -0.394 e. The maximum Gasteiger partial charge on any atom is 0.254 e. The summed E-state index contributed by atoms with van der Waals surface area (Å²) in [5, 5.41) is 10.0. The Labute approximate surface area is 130 Å². The number of aliphatic hydroxyl groups is 1. The molecule has 0 bridgehead atoms. The Morgan fingerprint density at radius 2 is 1.91 bits per heavy atom. The third kappa shape index (κ3) is 2.74. The van der Waals surface area contributed by atoms with Crippen LogP contribution in [0.2, 0.25) is 0 Å². The highest BCUT2D eigenvalue weighted by Crippen LogP contribution is 2.33. The van der Waals surface area contributed by atoms with Crippen LogP contribution >= 0.6 is 0 Å². The highest BCUT2D eigenvalue weighted by atomic mass is 16.3. The second-order valence-electron chi connectivity index (χ2n) is 5.84. The summed E-state index contributed by atoms with van der Waals surface area (Å²) in [6.07, 6.45) is 5.68. The topological polar surface area (TPSA) is 53.4 Å². The lowest BCUT2D eigenvalue weighted by atomic mass is 9.88. The number of carbonyl (C=O) groups excluding carboxylic acids is 1. The van der Waals surface area contributed by atoms with Gasteiger partial charge in [-0.15, -0.1) is 0 Å². The molecule has 1 N–H and O–H groups in total. The van der Waals surface area contributed by atoms with Crippen molar-refractivity contribution in [2.75, 3.05) is 13.2 Å². The maximum absolute atomic E-state index is 12.8. The predicted molar refractivity (Wildman–Crippen MR) is 84.5 cm³/mol. The van der Waals surface area contributed by atoms with Gasteiger partial charge in [-0.2, -0.15) is 0 Å². The van der Waals surface area contributed by atoms with E-state index in [2.05, 4.69) is 4.98 Å². The molecule has 1 saturated heterocycles. The Morgan fingerprint density at radius 3 is 2.59 bits per heavy atom. The van der Waals surface area contributed by atoms with E-state index in [9.17, 15) is 9.90 Å². The first-order chi connectivity index (χ1) is 10.7. The van der Waals surface area contributed by atoms with Gasteiger partial charge in [0.05, 0.1) is 12.1 Å². The van der Waals surface area contributed by atoms with Gasteiger partial charge < -0.3 is 10.0 Å². The van der Waals surface area contributed by atoms with E-state index in [1.807, 2.05) is 35.2 Å². The highest BCUT2D eigenvalue weighted by Gasteiger charge is 2.43. The third-order valence-electron chi connectivity index (χ3n) is 4.44. The summed E-state index contributed by atoms with van der Waals surface area (Å²) in [5.74, 6) is -0.0233. The second-order valence-corrected chi connectivity index (χ2v) is 5.84. The van der Waals surface area contributed by atoms with Gasteiger partial charge >= 0.3 is 0 Å². The second kappa shape index (κ2) is 6.28. The van der Waals surface area contributed by atoms with Crippen molar-refractivity contribution in [2.45, 2.75) is 24.8 Å². The van der Waals surface area contributed by atoms with Gasteiger partial charge in [0, 0.05) is 24.5 Å². The summed E-state index contributed by atoms with van der Waals surface area (Å²) in [5.41, 5.74) is 1.27. The van der Waals surface area contributed by atoms with Crippen LogP contribution in [0.5, 0.6) is 0 Å². The number of pyridine rings is 1. The van der Waals surface area contributed by atoms with Crippen molar-refractivity contribution < 1.29 is 9.90 Å². The first-order valence-corrected chi connectivity index (χ1v) is 7.62. The van der Waals surface area contributed by atoms with E-state index < -0.39 is 5.54 Å². The van der Waals surface area contributed by atoms with Crippen LogP contribution in [0.15, 0.2) is 54.9 Å². The molecule has 1 aromatic heterocycles. The molecule has 1 aromatic carbocycles. The molecule has 1 aliphatic rings. The van der Waals surface area contributed by atoms with Gasteiger partial charge in [-0.25, -0.2) is 0 Å². The molecule has 1 amide bonds. The van der Waals surface area contributed by atoms with Gasteiger partial charge in [0.1, 0.15) is 0 Å². The van der Waals surface area contributed by atoms with Crippen LogP contribution in [0.1, 0.15) is 28.8 Å². The van der Waals surface area contributed by atoms with Crippen LogP contribution in [0.25, 0.3) is 0 Å². The van der Waals surface area contributed by atoms with Crippen LogP contribution in [0.3, 0.4) is 0 Å². The van der Waals surface area contributed by atoms with Crippen molar-refractivity contribution in [3.8, 4) is 0 Å². The number of nitrogens with zero attached hydrogens (tertiary/aromatic N) is 2. The SMILES string of the molecule is O=C(c1ccncc1)N1CCC[C@]1(CO)Cc1ccccc1. The molecule has 4 nitrogen and oxygen atoms in total. The van der Waals surface area contributed by atoms with E-state index in [-0.39, 0.29) is 12.5 Å². The fourth-order valence-electron chi connectivity index (χ4n) is 3.29. The first kappa shape index (κ1) is 14.7. The van der Waals surface area contributed by atoms with Crippen LogP contribution < -0.4 is 0 Å². The smallest absolute Gasteiger partial charge is 0.254 e. The molecular formula is C18H20N2O2. The molecule has 0 spiro atoms. The quantitative estimate of drug-likeness (QED) is 0.942. The molecule has 0 radical (unpaired) electrons. The van der Waals surface area contributed by atoms with E-state index in [1.165, 1.54) is 0 Å². The lowest BCUT2D eigenvalue weighted by molar-refractivity contribution is 0.0412. The zero-order chi connectivity index (χ0) is 15.4. The zero-order valence-corrected chi connectivity index (χ0v) is 12.5. The number of amides is 1. The molecule has 2 aromatic rings. The minimum atomic E-state index is -0.498. The van der Waals surface area contributed by atoms with Crippen LogP contribution in [-0.4, -0.2) is 39.6 Å². The van der Waals surface area contributed by atoms with Crippen molar-refractivity contribution in [3.05, 3.63) is 66.0 Å². The molecule has 0 saturated carbocycles. The van der Waals surface area contributed by atoms with Crippen LogP contribution in [0.4, 0.5) is 0 Å². The maximum atomic E-state index is 12.8. The number of hydrogen-bond donors (Lipinski definition) is 1. The van der Waals surface area contributed by atoms with Gasteiger partial charge in [0.25, 0.3) is 5.91 Å². The molecule has 0 aliphatic carbocycles. The van der Waals surface area contributed by atoms with Gasteiger partial charge in [0.15, 0.2) is 0 Å². The Bertz CT molecular complexity index is 630. The molecule has 4 heteroatoms. The number of aromatic nitrogens is 1. The largest absolute Gasteiger partial charge is 0.394 e. The van der Waals surface area contributed by atoms with Gasteiger partial charge in [-0.05, 0) is 37.0 Å². The Hall–Kier alpha value is -2.20. The van der Waals surface area contributed by atoms with Crippen LogP contribution in [0, 0.1) is 0 Å². The van der Waals surface area contributed by atoms with Crippen molar-refractivity contribution in [2.24, 2.45) is 0 Å². The van der Waals surface area contributed by atoms with E-state index in [0.29, 0.717) is 18.5 Å². The summed E-state index contributed by atoms with van der Waals surface area (Å²) in [6, 6.07) is 13.5. The summed E-state index contributed by atoms with van der Waals surface area (Å²) in [4.78, 5) is 18.6. The summed E-state index contributed by atoms with van der Waals surface area (Å²) in [7, 11) is 0. The number of hydrogen-bond acceptors (Lipinski definition) is 3. The molecule has 0 unspecified atom stereocenters. The number of aliphatic hydroxyl groups excluding tert-OH is 1. The highest BCUT2D eigenvalue weighted by molar-refractivity contribution is 5.94. The number of rotatable bonds is 4. The number of benzene rings is 1. The predicted octanol–water partition coefficient (Wildman–Crippen LogP) is 2.29. The normalized spacial score (nSPS) is 21.0. The van der Waals surface area contributed by atoms with Crippen molar-refractivity contribution >= 4 is 5.91 Å². The lowest BCUT2D eigenvalue weighted by Gasteiger charge is -2.37. The van der Waals surface area contributed by atoms with E-state index in [0.717, 1.165) is 18.4 Å². The molecular weight excluding hydrogens is 276 g/mol. The fourth-order valence-corrected chi connectivity index (χ4v) is 3.29. The molecule has 3 rings (SSSR count). The van der Waals surface area contributed by atoms with Crippen molar-refractivity contribution in [1.82, 2.24) is 9.88 Å². The Kier molecular flexibility index (Phi) is 4.20. The molecule has 1 aliphatic heterocycles. The Balaban J connectivity index is 1.88. The molecule has 1 fully saturated rings. The average Bonchev–Trinajstić information content (AvgIpc) is 3.00.